The van der Waals surface area contributed by atoms with Crippen molar-refractivity contribution < 1.29 is 4.79 Å². The van der Waals surface area contributed by atoms with Crippen molar-refractivity contribution in [1.82, 2.24) is 10.3 Å². The highest BCUT2D eigenvalue weighted by molar-refractivity contribution is 7.09. The Kier molecular flexibility index (Phi) is 3.73. The number of hydrogen-bond donors (Lipinski definition) is 1. The van der Waals surface area contributed by atoms with Gasteiger partial charge in [0.15, 0.2) is 0 Å². The fourth-order valence-corrected chi connectivity index (χ4v) is 3.15. The van der Waals surface area contributed by atoms with E-state index in [1.54, 1.807) is 11.3 Å². The topological polar surface area (TPSA) is 45.2 Å². The summed E-state index contributed by atoms with van der Waals surface area (Å²) in [6, 6.07) is -0.0891. The molecule has 2 rings (SSSR count). The maximum Gasteiger partial charge on any atom is 0.245 e. The lowest BCUT2D eigenvalue weighted by Crippen LogP contribution is -2.52. The number of thiazole rings is 1. The smallest absolute Gasteiger partial charge is 0.245 e. The molecule has 1 unspecified atom stereocenters. The minimum absolute atomic E-state index is 0.0891. The first-order valence-corrected chi connectivity index (χ1v) is 7.27. The third-order valence-corrected chi connectivity index (χ3v) is 4.35. The summed E-state index contributed by atoms with van der Waals surface area (Å²) in [5, 5.41) is 6.10. The van der Waals surface area contributed by atoms with Crippen molar-refractivity contribution in [2.24, 2.45) is 0 Å². The van der Waals surface area contributed by atoms with Gasteiger partial charge in [-0.05, 0) is 47.1 Å². The highest BCUT2D eigenvalue weighted by Crippen LogP contribution is 2.32. The fraction of sp³-hybridized carbons (Fsp3) is 0.692. The number of carbonyl (C=O) groups excluding carboxylic acids is 1. The van der Waals surface area contributed by atoms with Crippen LogP contribution in [-0.2, 0) is 4.79 Å². The van der Waals surface area contributed by atoms with Gasteiger partial charge in [0.25, 0.3) is 0 Å². The second kappa shape index (κ2) is 4.97. The van der Waals surface area contributed by atoms with Gasteiger partial charge in [-0.1, -0.05) is 0 Å². The van der Waals surface area contributed by atoms with Crippen LogP contribution in [-0.4, -0.2) is 29.5 Å². The third kappa shape index (κ3) is 2.42. The van der Waals surface area contributed by atoms with E-state index < -0.39 is 0 Å². The molecule has 0 aromatic carbocycles. The molecular formula is C13H21N3OS. The van der Waals surface area contributed by atoms with E-state index in [0.29, 0.717) is 0 Å². The zero-order valence-electron chi connectivity index (χ0n) is 11.5. The molecule has 1 saturated heterocycles. The molecule has 0 aliphatic carbocycles. The molecule has 1 aliphatic heterocycles. The fourth-order valence-electron chi connectivity index (χ4n) is 2.57. The summed E-state index contributed by atoms with van der Waals surface area (Å²) in [4.78, 5) is 19.0. The van der Waals surface area contributed by atoms with Crippen LogP contribution in [0.1, 0.15) is 38.1 Å². The van der Waals surface area contributed by atoms with E-state index in [4.69, 9.17) is 0 Å². The van der Waals surface area contributed by atoms with Crippen LogP contribution in [0.5, 0.6) is 0 Å². The molecule has 100 valence electrons. The van der Waals surface area contributed by atoms with Crippen LogP contribution in [0.2, 0.25) is 0 Å². The molecule has 0 saturated carbocycles. The van der Waals surface area contributed by atoms with E-state index in [9.17, 15) is 4.79 Å². The van der Waals surface area contributed by atoms with Crippen molar-refractivity contribution in [3.63, 3.8) is 0 Å². The quantitative estimate of drug-likeness (QED) is 0.894. The molecule has 1 aromatic rings. The number of nitrogens with zero attached hydrogens (tertiary/aromatic N) is 2. The number of aryl methyl sites for hydroxylation is 1. The number of rotatable bonds is 2. The molecular weight excluding hydrogens is 246 g/mol. The van der Waals surface area contributed by atoms with Crippen molar-refractivity contribution in [3.8, 4) is 0 Å². The third-order valence-electron chi connectivity index (χ3n) is 3.59. The van der Waals surface area contributed by atoms with Crippen LogP contribution in [0, 0.1) is 6.92 Å². The van der Waals surface area contributed by atoms with Gasteiger partial charge in [-0.25, -0.2) is 4.98 Å². The first-order chi connectivity index (χ1) is 8.45. The number of aromatic nitrogens is 1. The lowest BCUT2D eigenvalue weighted by Gasteiger charge is -2.36. The van der Waals surface area contributed by atoms with Crippen LogP contribution in [0.3, 0.4) is 0 Å². The normalized spacial score (nSPS) is 24.1. The number of amides is 1. The maximum atomic E-state index is 12.6. The first kappa shape index (κ1) is 13.5. The van der Waals surface area contributed by atoms with E-state index in [-0.39, 0.29) is 17.5 Å². The van der Waals surface area contributed by atoms with Gasteiger partial charge in [0.2, 0.25) is 5.91 Å². The Balaban J connectivity index is 2.40. The highest BCUT2D eigenvalue weighted by Gasteiger charge is 2.39. The molecule has 1 fully saturated rings. The van der Waals surface area contributed by atoms with Crippen LogP contribution in [0.25, 0.3) is 0 Å². The monoisotopic (exact) mass is 267 g/mol. The molecule has 5 heteroatoms. The molecule has 1 N–H and O–H groups in total. The van der Waals surface area contributed by atoms with Gasteiger partial charge in [0.1, 0.15) is 5.82 Å². The molecule has 1 aromatic heterocycles. The zero-order valence-corrected chi connectivity index (χ0v) is 12.3. The minimum Gasteiger partial charge on any atom is -0.309 e. The van der Waals surface area contributed by atoms with Crippen molar-refractivity contribution in [2.45, 2.75) is 51.6 Å². The minimum atomic E-state index is -0.163. The van der Waals surface area contributed by atoms with E-state index in [2.05, 4.69) is 24.1 Å². The van der Waals surface area contributed by atoms with Crippen molar-refractivity contribution >= 4 is 23.1 Å². The number of likely N-dealkylation sites (N-methyl/N-ethyl adjacent to an activating group) is 1. The number of hydrogen-bond acceptors (Lipinski definition) is 4. The van der Waals surface area contributed by atoms with Gasteiger partial charge in [-0.15, -0.1) is 11.3 Å². The Morgan fingerprint density at radius 3 is 2.83 bits per heavy atom. The van der Waals surface area contributed by atoms with Gasteiger partial charge in [0.05, 0.1) is 11.0 Å². The Hall–Kier alpha value is -0.940. The first-order valence-electron chi connectivity index (χ1n) is 6.39. The second-order valence-electron chi connectivity index (χ2n) is 5.44. The molecule has 1 aliphatic rings. The predicted molar refractivity (Wildman–Crippen MR) is 75.1 cm³/mol. The van der Waals surface area contributed by atoms with E-state index in [0.717, 1.165) is 30.1 Å². The Labute approximate surface area is 112 Å². The summed E-state index contributed by atoms with van der Waals surface area (Å²) >= 11 is 1.59. The van der Waals surface area contributed by atoms with Crippen molar-refractivity contribution in [3.05, 3.63) is 10.4 Å². The number of anilines is 1. The molecule has 0 spiro atoms. The van der Waals surface area contributed by atoms with E-state index >= 15 is 0 Å². The SMILES string of the molecule is CNC1CCCC(C)(C)N(c2csc(C)n2)C1=O. The lowest BCUT2D eigenvalue weighted by molar-refractivity contribution is -0.121. The number of nitrogens with one attached hydrogen (secondary N) is 1. The maximum absolute atomic E-state index is 12.6. The average Bonchev–Trinajstić information content (AvgIpc) is 2.65. The van der Waals surface area contributed by atoms with Crippen molar-refractivity contribution in [2.75, 3.05) is 11.9 Å². The molecule has 4 nitrogen and oxygen atoms in total. The molecule has 1 atom stereocenters. The van der Waals surface area contributed by atoms with Crippen LogP contribution in [0.15, 0.2) is 5.38 Å². The largest absolute Gasteiger partial charge is 0.309 e. The molecule has 1 amide bonds. The highest BCUT2D eigenvalue weighted by atomic mass is 32.1. The van der Waals surface area contributed by atoms with Gasteiger partial charge in [-0.3, -0.25) is 9.69 Å². The summed E-state index contributed by atoms with van der Waals surface area (Å²) < 4.78 is 0. The summed E-state index contributed by atoms with van der Waals surface area (Å²) in [5.41, 5.74) is -0.163. The lowest BCUT2D eigenvalue weighted by atomic mass is 9.97. The van der Waals surface area contributed by atoms with Crippen LogP contribution in [0.4, 0.5) is 5.82 Å². The van der Waals surface area contributed by atoms with Crippen LogP contribution >= 0.6 is 11.3 Å². The molecule has 2 heterocycles. The Morgan fingerprint density at radius 1 is 1.56 bits per heavy atom. The van der Waals surface area contributed by atoms with Gasteiger partial charge >= 0.3 is 0 Å². The molecule has 18 heavy (non-hydrogen) atoms. The predicted octanol–water partition coefficient (Wildman–Crippen LogP) is 2.34. The molecule has 0 bridgehead atoms. The van der Waals surface area contributed by atoms with Gasteiger partial charge in [-0.2, -0.15) is 0 Å². The van der Waals surface area contributed by atoms with Crippen molar-refractivity contribution in [1.29, 1.82) is 0 Å². The number of carbonyl (C=O) groups is 1. The van der Waals surface area contributed by atoms with Crippen LogP contribution < -0.4 is 10.2 Å². The molecule has 0 radical (unpaired) electrons. The second-order valence-corrected chi connectivity index (χ2v) is 6.51. The zero-order chi connectivity index (χ0) is 13.3. The van der Waals surface area contributed by atoms with E-state index in [1.807, 2.05) is 24.3 Å². The summed E-state index contributed by atoms with van der Waals surface area (Å²) in [6.45, 7) is 6.22. The van der Waals surface area contributed by atoms with Gasteiger partial charge in [0, 0.05) is 10.9 Å². The Bertz CT molecular complexity index is 441. The summed E-state index contributed by atoms with van der Waals surface area (Å²) in [6.07, 6.45) is 2.97. The van der Waals surface area contributed by atoms with Gasteiger partial charge < -0.3 is 5.32 Å². The summed E-state index contributed by atoms with van der Waals surface area (Å²) in [5.74, 6) is 0.944. The van der Waals surface area contributed by atoms with E-state index in [1.165, 1.54) is 0 Å². The standard InChI is InChI=1S/C13H21N3OS/c1-9-15-11(8-18-9)16-12(17)10(14-4)6-5-7-13(16,2)3/h8,10,14H,5-7H2,1-4H3. The Morgan fingerprint density at radius 2 is 2.28 bits per heavy atom. The average molecular weight is 267 g/mol. The summed E-state index contributed by atoms with van der Waals surface area (Å²) in [7, 11) is 1.85.